The minimum Gasteiger partial charge on any atom is -0.493 e. The summed E-state index contributed by atoms with van der Waals surface area (Å²) in [6, 6.07) is 6.74. The molecule has 1 fully saturated rings. The normalized spacial score (nSPS) is 24.8. The van der Waals surface area contributed by atoms with E-state index in [2.05, 4.69) is 30.4 Å². The van der Waals surface area contributed by atoms with Crippen LogP contribution in [0, 0.1) is 6.92 Å². The average molecular weight is 307 g/mol. The fraction of sp³-hybridized carbons (Fsp3) is 0.647. The van der Waals surface area contributed by atoms with Crippen molar-refractivity contribution >= 4 is 11.8 Å². The van der Waals surface area contributed by atoms with Crippen molar-refractivity contribution in [1.29, 1.82) is 0 Å². The van der Waals surface area contributed by atoms with Gasteiger partial charge in [-0.3, -0.25) is 0 Å². The topological polar surface area (TPSA) is 41.5 Å². The third kappa shape index (κ3) is 3.74. The first-order valence-corrected chi connectivity index (χ1v) is 9.09. The summed E-state index contributed by atoms with van der Waals surface area (Å²) in [6.45, 7) is 3.57. The first kappa shape index (κ1) is 15.2. The fourth-order valence-corrected chi connectivity index (χ4v) is 4.39. The lowest BCUT2D eigenvalue weighted by atomic mass is 9.94. The van der Waals surface area contributed by atoms with E-state index in [9.17, 15) is 5.11 Å². The number of aliphatic hydroxyl groups is 1. The van der Waals surface area contributed by atoms with E-state index in [1.165, 1.54) is 11.1 Å². The second-order valence-corrected chi connectivity index (χ2v) is 7.53. The summed E-state index contributed by atoms with van der Waals surface area (Å²) in [4.78, 5) is 0. The minimum atomic E-state index is -0.525. The molecule has 1 saturated heterocycles. The van der Waals surface area contributed by atoms with E-state index < -0.39 is 5.60 Å². The van der Waals surface area contributed by atoms with Gasteiger partial charge in [-0.2, -0.15) is 11.8 Å². The van der Waals surface area contributed by atoms with Crippen LogP contribution < -0.4 is 10.1 Å². The number of nitrogens with one attached hydrogen (secondary N) is 1. The molecule has 0 saturated carbocycles. The van der Waals surface area contributed by atoms with Crippen LogP contribution in [0.2, 0.25) is 0 Å². The highest BCUT2D eigenvalue weighted by Gasteiger charge is 2.31. The van der Waals surface area contributed by atoms with Crippen molar-refractivity contribution in [2.75, 3.05) is 24.7 Å². The van der Waals surface area contributed by atoms with E-state index in [0.717, 1.165) is 49.5 Å². The zero-order valence-corrected chi connectivity index (χ0v) is 13.5. The Labute approximate surface area is 131 Å². The molecule has 2 heterocycles. The zero-order valence-electron chi connectivity index (χ0n) is 12.7. The number of aryl methyl sites for hydroxylation is 1. The van der Waals surface area contributed by atoms with E-state index >= 15 is 0 Å². The van der Waals surface area contributed by atoms with Gasteiger partial charge in [0.05, 0.1) is 12.2 Å². The predicted octanol–water partition coefficient (Wildman–Crippen LogP) is 3.06. The molecule has 0 radical (unpaired) electrons. The van der Waals surface area contributed by atoms with Gasteiger partial charge in [0.2, 0.25) is 0 Å². The lowest BCUT2D eigenvalue weighted by Crippen LogP contribution is -2.44. The van der Waals surface area contributed by atoms with Crippen molar-refractivity contribution in [1.82, 2.24) is 5.32 Å². The maximum Gasteiger partial charge on any atom is 0.124 e. The number of fused-ring (bicyclic) bond motifs is 1. The Hall–Kier alpha value is -0.710. The maximum absolute atomic E-state index is 10.7. The van der Waals surface area contributed by atoms with Crippen molar-refractivity contribution in [3.05, 3.63) is 29.3 Å². The lowest BCUT2D eigenvalue weighted by molar-refractivity contribution is 0.0293. The van der Waals surface area contributed by atoms with Gasteiger partial charge in [0.1, 0.15) is 5.75 Å². The van der Waals surface area contributed by atoms with E-state index in [4.69, 9.17) is 4.74 Å². The van der Waals surface area contributed by atoms with Gasteiger partial charge in [-0.25, -0.2) is 0 Å². The highest BCUT2D eigenvalue weighted by molar-refractivity contribution is 7.99. The smallest absolute Gasteiger partial charge is 0.124 e. The van der Waals surface area contributed by atoms with Crippen LogP contribution in [0.5, 0.6) is 5.75 Å². The highest BCUT2D eigenvalue weighted by Crippen LogP contribution is 2.33. The summed E-state index contributed by atoms with van der Waals surface area (Å²) >= 11 is 1.94. The van der Waals surface area contributed by atoms with Crippen LogP contribution in [-0.2, 0) is 0 Å². The van der Waals surface area contributed by atoms with Crippen LogP contribution in [0.3, 0.4) is 0 Å². The summed E-state index contributed by atoms with van der Waals surface area (Å²) in [5.74, 6) is 3.15. The fourth-order valence-electron chi connectivity index (χ4n) is 3.13. The van der Waals surface area contributed by atoms with Crippen molar-refractivity contribution < 1.29 is 9.84 Å². The molecule has 0 amide bonds. The molecular formula is C17H25NO2S. The van der Waals surface area contributed by atoms with Gasteiger partial charge in [-0.05, 0) is 55.7 Å². The second-order valence-electron chi connectivity index (χ2n) is 6.30. The Morgan fingerprint density at radius 3 is 3.00 bits per heavy atom. The molecule has 0 spiro atoms. The number of ether oxygens (including phenoxy) is 1. The van der Waals surface area contributed by atoms with Gasteiger partial charge in [-0.15, -0.1) is 0 Å². The van der Waals surface area contributed by atoms with Crippen molar-refractivity contribution in [3.8, 4) is 5.75 Å². The van der Waals surface area contributed by atoms with Crippen LogP contribution in [0.15, 0.2) is 18.2 Å². The Kier molecular flexibility index (Phi) is 4.77. The van der Waals surface area contributed by atoms with Crippen LogP contribution >= 0.6 is 11.8 Å². The summed E-state index contributed by atoms with van der Waals surface area (Å²) in [7, 11) is 0. The number of benzene rings is 1. The Morgan fingerprint density at radius 2 is 2.19 bits per heavy atom. The molecule has 1 unspecified atom stereocenters. The molecule has 4 heteroatoms. The Bertz CT molecular complexity index is 486. The average Bonchev–Trinajstić information content (AvgIpc) is 2.67. The molecule has 2 aliphatic heterocycles. The molecule has 0 aliphatic carbocycles. The van der Waals surface area contributed by atoms with Crippen LogP contribution in [0.25, 0.3) is 0 Å². The zero-order chi connectivity index (χ0) is 14.7. The minimum absolute atomic E-state index is 0.293. The maximum atomic E-state index is 10.7. The molecule has 21 heavy (non-hydrogen) atoms. The summed E-state index contributed by atoms with van der Waals surface area (Å²) < 4.78 is 5.87. The van der Waals surface area contributed by atoms with Crippen LogP contribution in [0.4, 0.5) is 0 Å². The molecule has 116 valence electrons. The van der Waals surface area contributed by atoms with Crippen molar-refractivity contribution in [2.45, 2.75) is 44.2 Å². The first-order chi connectivity index (χ1) is 10.2. The number of hydrogen-bond donors (Lipinski definition) is 2. The molecule has 1 aromatic carbocycles. The third-order valence-corrected chi connectivity index (χ3v) is 5.53. The number of hydrogen-bond acceptors (Lipinski definition) is 4. The van der Waals surface area contributed by atoms with Crippen molar-refractivity contribution in [2.24, 2.45) is 0 Å². The largest absolute Gasteiger partial charge is 0.493 e. The number of thioether (sulfide) groups is 1. The van der Waals surface area contributed by atoms with Gasteiger partial charge < -0.3 is 15.2 Å². The molecule has 2 N–H and O–H groups in total. The quantitative estimate of drug-likeness (QED) is 0.900. The molecule has 1 atom stereocenters. The summed E-state index contributed by atoms with van der Waals surface area (Å²) in [5, 5.41) is 14.3. The first-order valence-electron chi connectivity index (χ1n) is 7.93. The Balaban J connectivity index is 1.70. The molecule has 1 aromatic rings. The molecule has 2 aliphatic rings. The van der Waals surface area contributed by atoms with Crippen molar-refractivity contribution in [3.63, 3.8) is 0 Å². The predicted molar refractivity (Wildman–Crippen MR) is 88.2 cm³/mol. The van der Waals surface area contributed by atoms with E-state index in [1.54, 1.807) is 0 Å². The Morgan fingerprint density at radius 1 is 1.38 bits per heavy atom. The molecule has 3 nitrogen and oxygen atoms in total. The van der Waals surface area contributed by atoms with Crippen LogP contribution in [-0.4, -0.2) is 35.4 Å². The van der Waals surface area contributed by atoms with E-state index in [0.29, 0.717) is 12.6 Å². The molecule has 0 bridgehead atoms. The molecule has 0 aromatic heterocycles. The molecule has 3 rings (SSSR count). The highest BCUT2D eigenvalue weighted by atomic mass is 32.2. The van der Waals surface area contributed by atoms with Gasteiger partial charge in [0.25, 0.3) is 0 Å². The SMILES string of the molecule is Cc1ccc2c(c1)OCCCC2NCC1(O)CCSCC1. The van der Waals surface area contributed by atoms with E-state index in [-0.39, 0.29) is 0 Å². The molecular weight excluding hydrogens is 282 g/mol. The van der Waals surface area contributed by atoms with Gasteiger partial charge in [0.15, 0.2) is 0 Å². The standard InChI is InChI=1S/C17H25NO2S/c1-13-4-5-14-15(3-2-8-20-16(14)11-13)18-12-17(19)6-9-21-10-7-17/h4-5,11,15,18-19H,2-3,6-10,12H2,1H3. The monoisotopic (exact) mass is 307 g/mol. The van der Waals surface area contributed by atoms with Gasteiger partial charge >= 0.3 is 0 Å². The van der Waals surface area contributed by atoms with Gasteiger partial charge in [0, 0.05) is 18.2 Å². The lowest BCUT2D eigenvalue weighted by Gasteiger charge is -2.33. The number of rotatable bonds is 3. The van der Waals surface area contributed by atoms with Crippen LogP contribution in [0.1, 0.15) is 42.9 Å². The third-order valence-electron chi connectivity index (χ3n) is 4.54. The van der Waals surface area contributed by atoms with Gasteiger partial charge in [-0.1, -0.05) is 12.1 Å². The second kappa shape index (κ2) is 6.59. The van der Waals surface area contributed by atoms with E-state index in [1.807, 2.05) is 11.8 Å². The summed E-state index contributed by atoms with van der Waals surface area (Å²) in [6.07, 6.45) is 3.92. The summed E-state index contributed by atoms with van der Waals surface area (Å²) in [5.41, 5.74) is 1.95.